The van der Waals surface area contributed by atoms with E-state index < -0.39 is 0 Å². The highest BCUT2D eigenvalue weighted by Gasteiger charge is 2.14. The van der Waals surface area contributed by atoms with E-state index in [9.17, 15) is 4.79 Å². The van der Waals surface area contributed by atoms with Crippen molar-refractivity contribution in [3.8, 4) is 0 Å². The zero-order valence-electron chi connectivity index (χ0n) is 10.0. The maximum atomic E-state index is 12.1. The van der Waals surface area contributed by atoms with Gasteiger partial charge in [0.15, 0.2) is 0 Å². The lowest BCUT2D eigenvalue weighted by Crippen LogP contribution is -2.27. The van der Waals surface area contributed by atoms with Gasteiger partial charge < -0.3 is 5.32 Å². The fourth-order valence-electron chi connectivity index (χ4n) is 1.74. The summed E-state index contributed by atoms with van der Waals surface area (Å²) in [5, 5.41) is 5.09. The van der Waals surface area contributed by atoms with Crippen LogP contribution in [0.25, 0.3) is 0 Å². The Hall–Kier alpha value is -1.13. The van der Waals surface area contributed by atoms with Crippen LogP contribution >= 0.6 is 27.3 Å². The van der Waals surface area contributed by atoms with Gasteiger partial charge in [0.25, 0.3) is 5.91 Å². The zero-order valence-corrected chi connectivity index (χ0v) is 12.4. The van der Waals surface area contributed by atoms with Crippen LogP contribution < -0.4 is 5.32 Å². The quantitative estimate of drug-likeness (QED) is 0.888. The highest BCUT2D eigenvalue weighted by Crippen LogP contribution is 2.22. The molecule has 1 aromatic heterocycles. The summed E-state index contributed by atoms with van der Waals surface area (Å²) in [4.78, 5) is 13.3. The minimum Gasteiger partial charge on any atom is -0.344 e. The second-order valence-corrected chi connectivity index (χ2v) is 5.86. The topological polar surface area (TPSA) is 29.1 Å². The van der Waals surface area contributed by atoms with Crippen molar-refractivity contribution >= 4 is 33.2 Å². The van der Waals surface area contributed by atoms with Crippen LogP contribution in [0.3, 0.4) is 0 Å². The maximum absolute atomic E-state index is 12.1. The van der Waals surface area contributed by atoms with Gasteiger partial charge in [0.05, 0.1) is 6.04 Å². The summed E-state index contributed by atoms with van der Waals surface area (Å²) < 4.78 is 0.916. The van der Waals surface area contributed by atoms with Crippen LogP contribution in [-0.2, 0) is 0 Å². The first-order valence-corrected chi connectivity index (χ1v) is 7.47. The Labute approximate surface area is 119 Å². The molecule has 1 heterocycles. The third-order valence-electron chi connectivity index (χ3n) is 2.69. The monoisotopic (exact) mass is 323 g/mol. The standard InChI is InChI=1S/C14H14BrNOS/c1-2-12(13-7-4-8-18-13)16-14(17)10-5-3-6-11(15)9-10/h3-9,12H,2H2,1H3,(H,16,17). The van der Waals surface area contributed by atoms with E-state index in [4.69, 9.17) is 0 Å². The van der Waals surface area contributed by atoms with Gasteiger partial charge in [0.1, 0.15) is 0 Å². The van der Waals surface area contributed by atoms with E-state index >= 15 is 0 Å². The van der Waals surface area contributed by atoms with Gasteiger partial charge in [-0.15, -0.1) is 11.3 Å². The normalized spacial score (nSPS) is 12.1. The van der Waals surface area contributed by atoms with Gasteiger partial charge in [-0.05, 0) is 36.1 Å². The molecule has 0 spiro atoms. The SMILES string of the molecule is CCC(NC(=O)c1cccc(Br)c1)c1cccs1. The summed E-state index contributed by atoms with van der Waals surface area (Å²) >= 11 is 5.05. The van der Waals surface area contributed by atoms with Gasteiger partial charge in [-0.2, -0.15) is 0 Å². The van der Waals surface area contributed by atoms with Crippen LogP contribution in [0.1, 0.15) is 34.6 Å². The van der Waals surface area contributed by atoms with Gasteiger partial charge >= 0.3 is 0 Å². The van der Waals surface area contributed by atoms with E-state index in [1.54, 1.807) is 11.3 Å². The predicted molar refractivity (Wildman–Crippen MR) is 79.0 cm³/mol. The summed E-state index contributed by atoms with van der Waals surface area (Å²) in [6.45, 7) is 2.07. The molecule has 1 unspecified atom stereocenters. The zero-order chi connectivity index (χ0) is 13.0. The summed E-state index contributed by atoms with van der Waals surface area (Å²) in [5.41, 5.74) is 0.680. The lowest BCUT2D eigenvalue weighted by atomic mass is 10.1. The van der Waals surface area contributed by atoms with Crippen LogP contribution in [0, 0.1) is 0 Å². The van der Waals surface area contributed by atoms with Crippen molar-refractivity contribution < 1.29 is 4.79 Å². The third kappa shape index (κ3) is 3.21. The second kappa shape index (κ2) is 6.16. The van der Waals surface area contributed by atoms with E-state index in [2.05, 4.69) is 34.2 Å². The Morgan fingerprint density at radius 3 is 2.83 bits per heavy atom. The second-order valence-electron chi connectivity index (χ2n) is 3.96. The molecule has 2 rings (SSSR count). The Balaban J connectivity index is 2.11. The Bertz CT molecular complexity index is 524. The van der Waals surface area contributed by atoms with Crippen molar-refractivity contribution in [2.24, 2.45) is 0 Å². The molecule has 0 aliphatic heterocycles. The lowest BCUT2D eigenvalue weighted by molar-refractivity contribution is 0.0936. The lowest BCUT2D eigenvalue weighted by Gasteiger charge is -2.15. The average molecular weight is 324 g/mol. The van der Waals surface area contributed by atoms with E-state index in [0.717, 1.165) is 10.9 Å². The van der Waals surface area contributed by atoms with Crippen molar-refractivity contribution in [1.82, 2.24) is 5.32 Å². The first-order chi connectivity index (χ1) is 8.70. The Morgan fingerprint density at radius 2 is 2.22 bits per heavy atom. The summed E-state index contributed by atoms with van der Waals surface area (Å²) in [6, 6.07) is 11.6. The number of carbonyl (C=O) groups is 1. The van der Waals surface area contributed by atoms with Gasteiger partial charge in [0.2, 0.25) is 0 Å². The van der Waals surface area contributed by atoms with Crippen molar-refractivity contribution in [2.45, 2.75) is 19.4 Å². The molecule has 94 valence electrons. The molecule has 4 heteroatoms. The van der Waals surface area contributed by atoms with Crippen molar-refractivity contribution in [2.75, 3.05) is 0 Å². The van der Waals surface area contributed by atoms with E-state index in [1.807, 2.05) is 35.7 Å². The molecule has 0 radical (unpaired) electrons. The number of rotatable bonds is 4. The average Bonchev–Trinajstić information content (AvgIpc) is 2.89. The Morgan fingerprint density at radius 1 is 1.39 bits per heavy atom. The molecule has 2 aromatic rings. The summed E-state index contributed by atoms with van der Waals surface area (Å²) in [6.07, 6.45) is 0.889. The number of amides is 1. The molecule has 0 bridgehead atoms. The van der Waals surface area contributed by atoms with Crippen molar-refractivity contribution in [1.29, 1.82) is 0 Å². The minimum atomic E-state index is -0.0310. The molecule has 0 fully saturated rings. The number of thiophene rings is 1. The highest BCUT2D eigenvalue weighted by atomic mass is 79.9. The molecule has 0 saturated heterocycles. The molecule has 0 saturated carbocycles. The number of halogens is 1. The van der Waals surface area contributed by atoms with Crippen LogP contribution in [-0.4, -0.2) is 5.91 Å². The van der Waals surface area contributed by atoms with E-state index in [0.29, 0.717) is 5.56 Å². The molecule has 2 nitrogen and oxygen atoms in total. The largest absolute Gasteiger partial charge is 0.344 e. The predicted octanol–water partition coefficient (Wildman–Crippen LogP) is 4.39. The number of carbonyl (C=O) groups excluding carboxylic acids is 1. The number of nitrogens with one attached hydrogen (secondary N) is 1. The molecule has 18 heavy (non-hydrogen) atoms. The van der Waals surface area contributed by atoms with Gasteiger partial charge in [-0.1, -0.05) is 35.0 Å². The minimum absolute atomic E-state index is 0.0310. The third-order valence-corrected chi connectivity index (χ3v) is 4.17. The van der Waals surface area contributed by atoms with Gasteiger partial charge in [-0.3, -0.25) is 4.79 Å². The summed E-state index contributed by atoms with van der Waals surface area (Å²) in [5.74, 6) is -0.0310. The van der Waals surface area contributed by atoms with Gasteiger partial charge in [-0.25, -0.2) is 0 Å². The molecular formula is C14H14BrNOS. The molecule has 0 aliphatic carbocycles. The van der Waals surface area contributed by atoms with E-state index in [-0.39, 0.29) is 11.9 Å². The highest BCUT2D eigenvalue weighted by molar-refractivity contribution is 9.10. The molecule has 0 aliphatic rings. The molecule has 1 aromatic carbocycles. The fraction of sp³-hybridized carbons (Fsp3) is 0.214. The van der Waals surface area contributed by atoms with Crippen LogP contribution in [0.4, 0.5) is 0 Å². The number of hydrogen-bond acceptors (Lipinski definition) is 2. The van der Waals surface area contributed by atoms with Crippen molar-refractivity contribution in [3.05, 3.63) is 56.7 Å². The van der Waals surface area contributed by atoms with Gasteiger partial charge in [0, 0.05) is 14.9 Å². The Kier molecular flexibility index (Phi) is 4.55. The molecule has 1 atom stereocenters. The summed E-state index contributed by atoms with van der Waals surface area (Å²) in [7, 11) is 0. The molecule has 1 amide bonds. The van der Waals surface area contributed by atoms with Crippen LogP contribution in [0.15, 0.2) is 46.3 Å². The first kappa shape index (κ1) is 13.3. The van der Waals surface area contributed by atoms with Crippen LogP contribution in [0.2, 0.25) is 0 Å². The van der Waals surface area contributed by atoms with E-state index in [1.165, 1.54) is 4.88 Å². The first-order valence-electron chi connectivity index (χ1n) is 5.80. The maximum Gasteiger partial charge on any atom is 0.251 e. The molecule has 1 N–H and O–H groups in total. The number of hydrogen-bond donors (Lipinski definition) is 1. The van der Waals surface area contributed by atoms with Crippen LogP contribution in [0.5, 0.6) is 0 Å². The fourth-order valence-corrected chi connectivity index (χ4v) is 3.00. The molecular weight excluding hydrogens is 310 g/mol. The number of benzene rings is 1. The smallest absolute Gasteiger partial charge is 0.251 e. The van der Waals surface area contributed by atoms with Crippen molar-refractivity contribution in [3.63, 3.8) is 0 Å².